The van der Waals surface area contributed by atoms with Crippen LogP contribution in [0.2, 0.25) is 0 Å². The van der Waals surface area contributed by atoms with Crippen LogP contribution >= 0.6 is 11.6 Å². The lowest BCUT2D eigenvalue weighted by Gasteiger charge is -2.11. The number of nitrogens with zero attached hydrogens (tertiary/aromatic N) is 3. The van der Waals surface area contributed by atoms with E-state index in [0.717, 1.165) is 22.6 Å². The van der Waals surface area contributed by atoms with Crippen molar-refractivity contribution in [1.82, 2.24) is 15.0 Å². The normalized spacial score (nSPS) is 12.1. The van der Waals surface area contributed by atoms with Crippen molar-refractivity contribution in [3.63, 3.8) is 0 Å². The molecule has 0 aliphatic heterocycles. The van der Waals surface area contributed by atoms with Crippen LogP contribution in [-0.4, -0.2) is 38.6 Å². The molecule has 0 saturated heterocycles. The maximum absolute atomic E-state index is 9.47. The van der Waals surface area contributed by atoms with Gasteiger partial charge in [-0.2, -0.15) is 0 Å². The van der Waals surface area contributed by atoms with Crippen molar-refractivity contribution in [2.24, 2.45) is 0 Å². The van der Waals surface area contributed by atoms with Crippen molar-refractivity contribution in [2.75, 3.05) is 17.7 Å². The van der Waals surface area contributed by atoms with Gasteiger partial charge in [0, 0.05) is 17.8 Å². The number of aliphatic hydroxyl groups excluding tert-OH is 1. The minimum atomic E-state index is -0.559. The van der Waals surface area contributed by atoms with E-state index in [4.69, 9.17) is 11.6 Å². The van der Waals surface area contributed by atoms with Gasteiger partial charge in [-0.25, -0.2) is 4.68 Å². The molecule has 6 heteroatoms. The second-order valence-electron chi connectivity index (χ2n) is 5.13. The van der Waals surface area contributed by atoms with E-state index in [9.17, 15) is 5.11 Å². The first-order chi connectivity index (χ1) is 11.3. The molecule has 5 nitrogen and oxygen atoms in total. The highest BCUT2D eigenvalue weighted by atomic mass is 35.5. The highest BCUT2D eigenvalue weighted by molar-refractivity contribution is 6.18. The largest absolute Gasteiger partial charge is 0.390 e. The Morgan fingerprint density at radius 1 is 1.09 bits per heavy atom. The second kappa shape index (κ2) is 7.26. The first-order valence-corrected chi connectivity index (χ1v) is 7.86. The number of aromatic nitrogens is 3. The maximum atomic E-state index is 9.47. The number of alkyl halides is 1. The molecule has 1 atom stereocenters. The molecular formula is C17H17ClN4O. The Hall–Kier alpha value is -2.37. The molecule has 1 heterocycles. The summed E-state index contributed by atoms with van der Waals surface area (Å²) in [4.78, 5) is 0. The van der Waals surface area contributed by atoms with Crippen molar-refractivity contribution >= 4 is 17.3 Å². The Morgan fingerprint density at radius 2 is 1.83 bits per heavy atom. The Labute approximate surface area is 139 Å². The zero-order chi connectivity index (χ0) is 16.1. The minimum absolute atomic E-state index is 0.213. The summed E-state index contributed by atoms with van der Waals surface area (Å²) in [5, 5.41) is 20.8. The van der Waals surface area contributed by atoms with Crippen LogP contribution in [-0.2, 0) is 0 Å². The third-order valence-electron chi connectivity index (χ3n) is 3.45. The fourth-order valence-electron chi connectivity index (χ4n) is 2.24. The summed E-state index contributed by atoms with van der Waals surface area (Å²) in [6.45, 7) is 0.418. The van der Waals surface area contributed by atoms with E-state index in [0.29, 0.717) is 6.54 Å². The van der Waals surface area contributed by atoms with Gasteiger partial charge in [-0.3, -0.25) is 0 Å². The molecule has 0 fully saturated rings. The molecule has 0 aliphatic rings. The smallest absolute Gasteiger partial charge is 0.0944 e. The maximum Gasteiger partial charge on any atom is 0.0944 e. The van der Waals surface area contributed by atoms with Crippen molar-refractivity contribution in [3.8, 4) is 16.9 Å². The monoisotopic (exact) mass is 328 g/mol. The Bertz CT molecular complexity index is 743. The van der Waals surface area contributed by atoms with E-state index in [1.807, 2.05) is 54.6 Å². The Kier molecular flexibility index (Phi) is 4.90. The molecule has 118 valence electrons. The molecule has 0 spiro atoms. The summed E-state index contributed by atoms with van der Waals surface area (Å²) in [5.74, 6) is 0.213. The van der Waals surface area contributed by atoms with Crippen LogP contribution in [0.4, 0.5) is 5.69 Å². The van der Waals surface area contributed by atoms with Gasteiger partial charge >= 0.3 is 0 Å². The lowest BCUT2D eigenvalue weighted by molar-refractivity contribution is 0.211. The van der Waals surface area contributed by atoms with Gasteiger partial charge in [-0.05, 0) is 24.3 Å². The van der Waals surface area contributed by atoms with Gasteiger partial charge in [0.1, 0.15) is 0 Å². The average Bonchev–Trinajstić information content (AvgIpc) is 3.10. The number of aliphatic hydroxyl groups is 1. The first kappa shape index (κ1) is 15.5. The lowest BCUT2D eigenvalue weighted by Crippen LogP contribution is -2.20. The highest BCUT2D eigenvalue weighted by Gasteiger charge is 2.08. The summed E-state index contributed by atoms with van der Waals surface area (Å²) in [7, 11) is 0. The Morgan fingerprint density at radius 3 is 2.52 bits per heavy atom. The molecule has 23 heavy (non-hydrogen) atoms. The van der Waals surface area contributed by atoms with Gasteiger partial charge < -0.3 is 10.4 Å². The van der Waals surface area contributed by atoms with Gasteiger partial charge in [0.25, 0.3) is 0 Å². The standard InChI is InChI=1S/C17H17ClN4O/c18-10-16(23)11-19-14-6-8-15(9-7-14)22-17(12-20-21-22)13-4-2-1-3-5-13/h1-9,12,16,19,23H,10-11H2. The number of hydrogen-bond donors (Lipinski definition) is 2. The molecule has 3 rings (SSSR count). The quantitative estimate of drug-likeness (QED) is 0.683. The fraction of sp³-hybridized carbons (Fsp3) is 0.176. The third-order valence-corrected chi connectivity index (χ3v) is 3.81. The SMILES string of the molecule is OC(CCl)CNc1ccc(-n2nncc2-c2ccccc2)cc1. The number of hydrogen-bond acceptors (Lipinski definition) is 4. The number of rotatable bonds is 6. The van der Waals surface area contributed by atoms with Crippen molar-refractivity contribution in [3.05, 3.63) is 60.8 Å². The van der Waals surface area contributed by atoms with Crippen molar-refractivity contribution in [2.45, 2.75) is 6.10 Å². The van der Waals surface area contributed by atoms with Crippen LogP contribution < -0.4 is 5.32 Å². The molecule has 0 radical (unpaired) electrons. The molecule has 1 unspecified atom stereocenters. The lowest BCUT2D eigenvalue weighted by atomic mass is 10.1. The van der Waals surface area contributed by atoms with Crippen LogP contribution in [0.5, 0.6) is 0 Å². The van der Waals surface area contributed by atoms with Crippen LogP contribution in [0.15, 0.2) is 60.8 Å². The summed E-state index contributed by atoms with van der Waals surface area (Å²) in [6.07, 6.45) is 1.19. The van der Waals surface area contributed by atoms with Gasteiger partial charge in [0.15, 0.2) is 0 Å². The van der Waals surface area contributed by atoms with E-state index in [-0.39, 0.29) is 5.88 Å². The molecule has 2 N–H and O–H groups in total. The second-order valence-corrected chi connectivity index (χ2v) is 5.44. The van der Waals surface area contributed by atoms with Crippen LogP contribution in [0, 0.1) is 0 Å². The van der Waals surface area contributed by atoms with E-state index >= 15 is 0 Å². The minimum Gasteiger partial charge on any atom is -0.390 e. The summed E-state index contributed by atoms with van der Waals surface area (Å²) >= 11 is 5.58. The average molecular weight is 329 g/mol. The molecule has 2 aromatic carbocycles. The van der Waals surface area contributed by atoms with Gasteiger partial charge in [-0.15, -0.1) is 16.7 Å². The first-order valence-electron chi connectivity index (χ1n) is 7.32. The summed E-state index contributed by atoms with van der Waals surface area (Å²) < 4.78 is 1.80. The van der Waals surface area contributed by atoms with Crippen LogP contribution in [0.1, 0.15) is 0 Å². The molecular weight excluding hydrogens is 312 g/mol. The predicted octanol–water partition coefficient (Wildman–Crippen LogP) is 2.95. The fourth-order valence-corrected chi connectivity index (χ4v) is 2.35. The van der Waals surface area contributed by atoms with Gasteiger partial charge in [0.05, 0.1) is 29.6 Å². The zero-order valence-electron chi connectivity index (χ0n) is 12.4. The van der Waals surface area contributed by atoms with Gasteiger partial charge in [0.2, 0.25) is 0 Å². The van der Waals surface area contributed by atoms with Crippen LogP contribution in [0.25, 0.3) is 16.9 Å². The van der Waals surface area contributed by atoms with Crippen LogP contribution in [0.3, 0.4) is 0 Å². The molecule has 0 aliphatic carbocycles. The molecule has 1 aromatic heterocycles. The van der Waals surface area contributed by atoms with E-state index in [1.54, 1.807) is 10.9 Å². The third kappa shape index (κ3) is 3.70. The highest BCUT2D eigenvalue weighted by Crippen LogP contribution is 2.22. The van der Waals surface area contributed by atoms with Crippen molar-refractivity contribution in [1.29, 1.82) is 0 Å². The molecule has 0 amide bonds. The van der Waals surface area contributed by atoms with E-state index < -0.39 is 6.10 Å². The van der Waals surface area contributed by atoms with E-state index in [1.165, 1.54) is 0 Å². The van der Waals surface area contributed by atoms with Gasteiger partial charge in [-0.1, -0.05) is 35.5 Å². The topological polar surface area (TPSA) is 63.0 Å². The number of benzene rings is 2. The predicted molar refractivity (Wildman–Crippen MR) is 92.0 cm³/mol. The Balaban J connectivity index is 1.80. The molecule has 3 aromatic rings. The number of halogens is 1. The number of nitrogens with one attached hydrogen (secondary N) is 1. The molecule has 0 saturated carbocycles. The summed E-state index contributed by atoms with van der Waals surface area (Å²) in [5.41, 5.74) is 3.83. The molecule has 0 bridgehead atoms. The van der Waals surface area contributed by atoms with E-state index in [2.05, 4.69) is 15.6 Å². The zero-order valence-corrected chi connectivity index (χ0v) is 13.2. The number of anilines is 1. The van der Waals surface area contributed by atoms with Crippen molar-refractivity contribution < 1.29 is 5.11 Å². The summed E-state index contributed by atoms with van der Waals surface area (Å²) in [6, 6.07) is 17.8.